The normalized spacial score (nSPS) is 29.6. The number of thioether (sulfide) groups is 1. The topological polar surface area (TPSA) is 118 Å². The molecular weight excluding hydrogens is 550 g/mol. The minimum absolute atomic E-state index is 0.0113. The fourth-order valence-corrected chi connectivity index (χ4v) is 10.4. The lowest BCUT2D eigenvalue weighted by Crippen LogP contribution is -2.42. The monoisotopic (exact) mass is 577 g/mol. The van der Waals surface area contributed by atoms with Crippen LogP contribution in [-0.4, -0.2) is 53.6 Å². The molecule has 7 atom stereocenters. The third-order valence-corrected chi connectivity index (χ3v) is 11.5. The van der Waals surface area contributed by atoms with E-state index in [1.165, 1.54) is 11.3 Å². The van der Waals surface area contributed by atoms with Crippen LogP contribution in [-0.2, 0) is 14.4 Å². The maximum Gasteiger partial charge on any atom is 0.305 e. The van der Waals surface area contributed by atoms with E-state index in [1.54, 1.807) is 38.1 Å². The molecule has 7 rings (SSSR count). The van der Waals surface area contributed by atoms with Crippen LogP contribution in [0.15, 0.2) is 58.4 Å². The van der Waals surface area contributed by atoms with Crippen LogP contribution in [0.2, 0.25) is 0 Å². The average molecular weight is 578 g/mol. The molecule has 2 N–H and O–H groups in total. The number of fused-ring (bicyclic) bond motifs is 9. The summed E-state index contributed by atoms with van der Waals surface area (Å²) in [5.74, 6) is -0.690. The van der Waals surface area contributed by atoms with Crippen molar-refractivity contribution in [3.05, 3.63) is 68.6 Å². The number of rotatable bonds is 6. The Morgan fingerprint density at radius 2 is 1.73 bits per heavy atom. The second kappa shape index (κ2) is 9.52. The Morgan fingerprint density at radius 3 is 2.45 bits per heavy atom. The molecule has 1 aromatic heterocycles. The van der Waals surface area contributed by atoms with Crippen molar-refractivity contribution in [2.75, 3.05) is 26.1 Å². The molecule has 4 aliphatic rings. The molecule has 2 saturated carbocycles. The molecule has 1 saturated heterocycles. The first kappa shape index (κ1) is 25.4. The molecule has 3 fully saturated rings. The van der Waals surface area contributed by atoms with Crippen molar-refractivity contribution in [3.63, 3.8) is 0 Å². The predicted molar refractivity (Wildman–Crippen MR) is 150 cm³/mol. The highest BCUT2D eigenvalue weighted by Crippen LogP contribution is 2.68. The number of methoxy groups -OCH3 is 2. The Labute approximate surface area is 238 Å². The van der Waals surface area contributed by atoms with E-state index in [9.17, 15) is 19.2 Å². The summed E-state index contributed by atoms with van der Waals surface area (Å²) >= 11 is 2.84. The molecule has 0 spiro atoms. The van der Waals surface area contributed by atoms with Crippen LogP contribution in [0.1, 0.15) is 22.8 Å². The number of hydrogen-bond acceptors (Lipinski definition) is 8. The molecule has 0 unspecified atom stereocenters. The molecule has 2 aliphatic heterocycles. The van der Waals surface area contributed by atoms with Crippen LogP contribution >= 0.6 is 23.1 Å². The smallest absolute Gasteiger partial charge is 0.305 e. The molecule has 40 heavy (non-hydrogen) atoms. The van der Waals surface area contributed by atoms with Crippen molar-refractivity contribution in [1.82, 2.24) is 9.88 Å². The second-order valence-corrected chi connectivity index (χ2v) is 13.0. The van der Waals surface area contributed by atoms with E-state index in [-0.39, 0.29) is 52.2 Å². The zero-order chi connectivity index (χ0) is 27.7. The summed E-state index contributed by atoms with van der Waals surface area (Å²) in [4.78, 5) is 57.7. The van der Waals surface area contributed by atoms with Crippen LogP contribution in [0.5, 0.6) is 11.5 Å². The number of carbonyl (C=O) groups excluding carboxylic acids is 3. The lowest BCUT2D eigenvalue weighted by molar-refractivity contribution is -0.143. The first-order valence-electron chi connectivity index (χ1n) is 13.2. The Balaban J connectivity index is 1.22. The third kappa shape index (κ3) is 3.74. The van der Waals surface area contributed by atoms with E-state index in [1.807, 2.05) is 36.4 Å². The van der Waals surface area contributed by atoms with Gasteiger partial charge in [-0.15, -0.1) is 11.8 Å². The van der Waals surface area contributed by atoms with Gasteiger partial charge in [-0.05, 0) is 54.0 Å². The summed E-state index contributed by atoms with van der Waals surface area (Å²) in [7, 11) is 3.18. The molecule has 206 valence electrons. The predicted octanol–water partition coefficient (Wildman–Crippen LogP) is 3.57. The standard InChI is InChI=1S/C29H27N3O6S2/c1-37-17-9-8-13(10-18(17)38-2)20-21-15-11-16(24(21)39-26-25(20)40-29(36)31-26)23-22(15)27(34)32(28(23)35)12-19(33)30-14-6-4-3-5-7-14/h3-10,15-16,20-24H,11-12H2,1-2H3,(H,30,33)(H,31,36)/t15-,16+,20+,21-,22+,23+,24-/m1/s1. The van der Waals surface area contributed by atoms with Gasteiger partial charge in [0.15, 0.2) is 11.5 Å². The van der Waals surface area contributed by atoms with Crippen molar-refractivity contribution in [1.29, 1.82) is 0 Å². The zero-order valence-corrected chi connectivity index (χ0v) is 23.4. The van der Waals surface area contributed by atoms with Crippen molar-refractivity contribution >= 4 is 46.5 Å². The number of likely N-dealkylation sites (tertiary alicyclic amines) is 1. The third-order valence-electron chi connectivity index (χ3n) is 8.94. The lowest BCUT2D eigenvalue weighted by Gasteiger charge is -2.43. The number of aromatic nitrogens is 1. The van der Waals surface area contributed by atoms with Crippen molar-refractivity contribution in [2.24, 2.45) is 29.6 Å². The van der Waals surface area contributed by atoms with Crippen LogP contribution in [0.4, 0.5) is 5.69 Å². The number of H-pyrrole nitrogens is 1. The zero-order valence-electron chi connectivity index (χ0n) is 21.8. The van der Waals surface area contributed by atoms with Crippen molar-refractivity contribution in [3.8, 4) is 11.5 Å². The van der Waals surface area contributed by atoms with Crippen molar-refractivity contribution < 1.29 is 23.9 Å². The average Bonchev–Trinajstić information content (AvgIpc) is 3.69. The summed E-state index contributed by atoms with van der Waals surface area (Å²) in [6.07, 6.45) is 0.780. The van der Waals surface area contributed by atoms with Gasteiger partial charge in [-0.1, -0.05) is 35.6 Å². The van der Waals surface area contributed by atoms with Crippen LogP contribution in [0.25, 0.3) is 0 Å². The van der Waals surface area contributed by atoms with Gasteiger partial charge in [0, 0.05) is 21.7 Å². The minimum atomic E-state index is -0.455. The van der Waals surface area contributed by atoms with E-state index in [0.29, 0.717) is 17.2 Å². The quantitative estimate of drug-likeness (QED) is 0.430. The van der Waals surface area contributed by atoms with Crippen molar-refractivity contribution in [2.45, 2.75) is 22.6 Å². The van der Waals surface area contributed by atoms with E-state index in [0.717, 1.165) is 26.8 Å². The first-order valence-corrected chi connectivity index (χ1v) is 14.9. The van der Waals surface area contributed by atoms with Gasteiger partial charge in [0.2, 0.25) is 17.7 Å². The Hall–Kier alpha value is -3.57. The number of thiazole rings is 1. The number of imide groups is 1. The first-order chi connectivity index (χ1) is 19.4. The van der Waals surface area contributed by atoms with Gasteiger partial charge >= 0.3 is 4.87 Å². The second-order valence-electron chi connectivity index (χ2n) is 10.8. The van der Waals surface area contributed by atoms with Crippen LogP contribution in [0.3, 0.4) is 0 Å². The highest BCUT2D eigenvalue weighted by molar-refractivity contribution is 8.00. The number of benzene rings is 2. The minimum Gasteiger partial charge on any atom is -0.493 e. The number of nitrogens with one attached hydrogen (secondary N) is 2. The fraction of sp³-hybridized carbons (Fsp3) is 0.379. The SMILES string of the molecule is COc1ccc([C@@H]2c3sc(=O)[nH]c3S[C@@H]3[C@H]4C[C@@H]([C@@H]5C(=O)N(CC(=O)Nc6ccccc6)C(=O)[C@@H]45)[C@H]23)cc1OC. The highest BCUT2D eigenvalue weighted by Gasteiger charge is 2.69. The van der Waals surface area contributed by atoms with E-state index in [4.69, 9.17) is 9.47 Å². The number of carbonyl (C=O) groups is 3. The Kier molecular flexibility index (Phi) is 6.04. The molecule has 2 aromatic carbocycles. The summed E-state index contributed by atoms with van der Waals surface area (Å²) in [5.41, 5.74) is 1.61. The molecule has 2 aliphatic carbocycles. The lowest BCUT2D eigenvalue weighted by atomic mass is 9.68. The number of amides is 3. The van der Waals surface area contributed by atoms with Gasteiger partial charge in [0.25, 0.3) is 0 Å². The number of anilines is 1. The van der Waals surface area contributed by atoms with E-state index in [2.05, 4.69) is 10.3 Å². The number of nitrogens with zero attached hydrogens (tertiary/aromatic N) is 1. The molecule has 3 aromatic rings. The molecule has 3 heterocycles. The Bertz CT molecular complexity index is 1590. The molecule has 2 bridgehead atoms. The maximum absolute atomic E-state index is 13.8. The van der Waals surface area contributed by atoms with E-state index >= 15 is 0 Å². The van der Waals surface area contributed by atoms with Gasteiger partial charge in [0.05, 0.1) is 31.1 Å². The highest BCUT2D eigenvalue weighted by atomic mass is 32.2. The molecule has 11 heteroatoms. The van der Waals surface area contributed by atoms with E-state index < -0.39 is 17.7 Å². The summed E-state index contributed by atoms with van der Waals surface area (Å²) in [6.45, 7) is -0.290. The molecule has 9 nitrogen and oxygen atoms in total. The van der Waals surface area contributed by atoms with Crippen LogP contribution < -0.4 is 19.7 Å². The molecule has 3 amide bonds. The molecule has 0 radical (unpaired) electrons. The fourth-order valence-electron chi connectivity index (χ4n) is 7.52. The van der Waals surface area contributed by atoms with Gasteiger partial charge in [0.1, 0.15) is 6.54 Å². The number of para-hydroxylation sites is 1. The maximum atomic E-state index is 13.8. The Morgan fingerprint density at radius 1 is 1.00 bits per heavy atom. The van der Waals surface area contributed by atoms with Crippen LogP contribution in [0, 0.1) is 29.6 Å². The summed E-state index contributed by atoms with van der Waals surface area (Å²) < 4.78 is 11.0. The number of ether oxygens (including phenoxy) is 2. The number of aromatic amines is 1. The van der Waals surface area contributed by atoms with Gasteiger partial charge in [-0.3, -0.25) is 24.1 Å². The number of hydrogen-bond donors (Lipinski definition) is 2. The van der Waals surface area contributed by atoms with Gasteiger partial charge in [-0.25, -0.2) is 0 Å². The van der Waals surface area contributed by atoms with Gasteiger partial charge in [-0.2, -0.15) is 0 Å². The largest absolute Gasteiger partial charge is 0.493 e. The summed E-state index contributed by atoms with van der Waals surface area (Å²) in [6, 6.07) is 14.8. The van der Waals surface area contributed by atoms with Gasteiger partial charge < -0.3 is 19.8 Å². The molecular formula is C29H27N3O6S2. The summed E-state index contributed by atoms with van der Waals surface area (Å²) in [5, 5.41) is 3.69.